The molecule has 2 aromatic carbocycles. The number of benzene rings is 2. The summed E-state index contributed by atoms with van der Waals surface area (Å²) in [6.45, 7) is 2.21. The molecule has 1 unspecified atom stereocenters. The highest BCUT2D eigenvalue weighted by Gasteiger charge is 2.20. The molecule has 0 amide bonds. The van der Waals surface area contributed by atoms with E-state index in [0.717, 1.165) is 10.9 Å². The Balaban J connectivity index is 1.89. The largest absolute Gasteiger partial charge is 0.378 e. The average Bonchev–Trinajstić information content (AvgIpc) is 2.49. The molecule has 0 radical (unpaired) electrons. The minimum absolute atomic E-state index is 0.430. The fourth-order valence-corrected chi connectivity index (χ4v) is 4.21. The molecule has 3 heteroatoms. The molecule has 0 saturated heterocycles. The SMILES string of the molecule is CCc1cc(Br)ccc1NC1CCSc2ccccc21. The van der Waals surface area contributed by atoms with Crippen molar-refractivity contribution in [2.75, 3.05) is 11.1 Å². The molecular weight excluding hydrogens is 330 g/mol. The van der Waals surface area contributed by atoms with E-state index in [1.54, 1.807) is 0 Å². The first-order valence-electron chi connectivity index (χ1n) is 7.04. The zero-order chi connectivity index (χ0) is 13.9. The second-order valence-electron chi connectivity index (χ2n) is 5.03. The van der Waals surface area contributed by atoms with Crippen LogP contribution in [0.1, 0.15) is 30.5 Å². The Bertz CT molecular complexity index is 612. The van der Waals surface area contributed by atoms with Crippen molar-refractivity contribution >= 4 is 33.4 Å². The third-order valence-corrected chi connectivity index (χ3v) is 5.35. The number of halogens is 1. The highest BCUT2D eigenvalue weighted by molar-refractivity contribution is 9.10. The molecule has 1 atom stereocenters. The molecule has 1 heterocycles. The summed E-state index contributed by atoms with van der Waals surface area (Å²) in [5, 5.41) is 3.75. The van der Waals surface area contributed by atoms with Crippen LogP contribution in [-0.2, 0) is 6.42 Å². The van der Waals surface area contributed by atoms with Gasteiger partial charge in [0.2, 0.25) is 0 Å². The van der Waals surface area contributed by atoms with Crippen molar-refractivity contribution in [3.05, 3.63) is 58.1 Å². The van der Waals surface area contributed by atoms with E-state index in [-0.39, 0.29) is 0 Å². The van der Waals surface area contributed by atoms with Crippen molar-refractivity contribution in [2.24, 2.45) is 0 Å². The Hall–Kier alpha value is -0.930. The first kappa shape index (κ1) is 14.0. The van der Waals surface area contributed by atoms with Crippen LogP contribution in [0.2, 0.25) is 0 Å². The normalized spacial score (nSPS) is 17.6. The molecule has 1 aliphatic heterocycles. The molecule has 20 heavy (non-hydrogen) atoms. The first-order valence-corrected chi connectivity index (χ1v) is 8.82. The number of rotatable bonds is 3. The zero-order valence-corrected chi connectivity index (χ0v) is 13.9. The van der Waals surface area contributed by atoms with Crippen LogP contribution in [0.3, 0.4) is 0 Å². The summed E-state index contributed by atoms with van der Waals surface area (Å²) in [4.78, 5) is 1.42. The van der Waals surface area contributed by atoms with Gasteiger partial charge in [-0.1, -0.05) is 41.1 Å². The van der Waals surface area contributed by atoms with Crippen LogP contribution in [0.5, 0.6) is 0 Å². The van der Waals surface area contributed by atoms with Gasteiger partial charge in [0, 0.05) is 20.8 Å². The predicted molar refractivity (Wildman–Crippen MR) is 91.7 cm³/mol. The number of anilines is 1. The lowest BCUT2D eigenvalue weighted by molar-refractivity contribution is 0.727. The molecular formula is C17H18BrNS. The summed E-state index contributed by atoms with van der Waals surface area (Å²) in [5.74, 6) is 1.19. The van der Waals surface area contributed by atoms with Gasteiger partial charge in [0.15, 0.2) is 0 Å². The van der Waals surface area contributed by atoms with Crippen molar-refractivity contribution in [2.45, 2.75) is 30.7 Å². The van der Waals surface area contributed by atoms with Gasteiger partial charge >= 0.3 is 0 Å². The van der Waals surface area contributed by atoms with Crippen LogP contribution in [-0.4, -0.2) is 5.75 Å². The Morgan fingerprint density at radius 2 is 2.10 bits per heavy atom. The maximum absolute atomic E-state index is 3.75. The van der Waals surface area contributed by atoms with Crippen molar-refractivity contribution in [3.63, 3.8) is 0 Å². The second kappa shape index (κ2) is 6.23. The van der Waals surface area contributed by atoms with Crippen LogP contribution in [0.15, 0.2) is 51.8 Å². The van der Waals surface area contributed by atoms with E-state index in [1.807, 2.05) is 11.8 Å². The fourth-order valence-electron chi connectivity index (χ4n) is 2.68. The molecule has 104 valence electrons. The molecule has 3 rings (SSSR count). The Morgan fingerprint density at radius 3 is 2.95 bits per heavy atom. The highest BCUT2D eigenvalue weighted by atomic mass is 79.9. The lowest BCUT2D eigenvalue weighted by Crippen LogP contribution is -2.16. The maximum Gasteiger partial charge on any atom is 0.0532 e. The van der Waals surface area contributed by atoms with Gasteiger partial charge in [-0.15, -0.1) is 11.8 Å². The number of hydrogen-bond acceptors (Lipinski definition) is 2. The molecule has 0 saturated carbocycles. The minimum Gasteiger partial charge on any atom is -0.378 e. The number of aryl methyl sites for hydroxylation is 1. The third-order valence-electron chi connectivity index (χ3n) is 3.74. The molecule has 0 spiro atoms. The second-order valence-corrected chi connectivity index (χ2v) is 7.08. The monoisotopic (exact) mass is 347 g/mol. The molecule has 0 aliphatic carbocycles. The topological polar surface area (TPSA) is 12.0 Å². The summed E-state index contributed by atoms with van der Waals surface area (Å²) in [5.41, 5.74) is 4.08. The van der Waals surface area contributed by atoms with Gasteiger partial charge in [0.1, 0.15) is 0 Å². The molecule has 0 aromatic heterocycles. The average molecular weight is 348 g/mol. The summed E-state index contributed by atoms with van der Waals surface area (Å²) in [7, 11) is 0. The van der Waals surface area contributed by atoms with Gasteiger partial charge < -0.3 is 5.32 Å². The Morgan fingerprint density at radius 1 is 1.25 bits per heavy atom. The summed E-state index contributed by atoms with van der Waals surface area (Å²) >= 11 is 5.52. The van der Waals surface area contributed by atoms with E-state index in [9.17, 15) is 0 Å². The summed E-state index contributed by atoms with van der Waals surface area (Å²) in [6, 6.07) is 15.7. The van der Waals surface area contributed by atoms with Crippen molar-refractivity contribution in [3.8, 4) is 0 Å². The van der Waals surface area contributed by atoms with Gasteiger partial charge in [-0.2, -0.15) is 0 Å². The van der Waals surface area contributed by atoms with E-state index < -0.39 is 0 Å². The molecule has 1 N–H and O–H groups in total. The minimum atomic E-state index is 0.430. The van der Waals surface area contributed by atoms with E-state index in [2.05, 4.69) is 70.6 Å². The van der Waals surface area contributed by atoms with Crippen molar-refractivity contribution in [1.82, 2.24) is 0 Å². The van der Waals surface area contributed by atoms with Gasteiger partial charge in [-0.25, -0.2) is 0 Å². The van der Waals surface area contributed by atoms with Gasteiger partial charge in [0.25, 0.3) is 0 Å². The molecule has 1 nitrogen and oxygen atoms in total. The summed E-state index contributed by atoms with van der Waals surface area (Å²) in [6.07, 6.45) is 2.23. The predicted octanol–water partition coefficient (Wildman–Crippen LogP) is 5.66. The molecule has 2 aromatic rings. The first-order chi connectivity index (χ1) is 9.78. The standard InChI is InChI=1S/C17H18BrNS/c1-2-12-11-13(18)7-8-15(12)19-16-9-10-20-17-6-4-3-5-14(16)17/h3-8,11,16,19H,2,9-10H2,1H3. The van der Waals surface area contributed by atoms with Gasteiger partial charge in [0.05, 0.1) is 6.04 Å². The van der Waals surface area contributed by atoms with E-state index in [4.69, 9.17) is 0 Å². The molecule has 0 bridgehead atoms. The van der Waals surface area contributed by atoms with Crippen LogP contribution in [0.25, 0.3) is 0 Å². The molecule has 1 aliphatic rings. The Labute approximate surface area is 133 Å². The van der Waals surface area contributed by atoms with E-state index in [0.29, 0.717) is 6.04 Å². The van der Waals surface area contributed by atoms with Crippen LogP contribution >= 0.6 is 27.7 Å². The fraction of sp³-hybridized carbons (Fsp3) is 0.294. The smallest absolute Gasteiger partial charge is 0.0532 e. The number of thioether (sulfide) groups is 1. The number of nitrogens with one attached hydrogen (secondary N) is 1. The van der Waals surface area contributed by atoms with E-state index >= 15 is 0 Å². The van der Waals surface area contributed by atoms with E-state index in [1.165, 1.54) is 33.9 Å². The van der Waals surface area contributed by atoms with Gasteiger partial charge in [-0.3, -0.25) is 0 Å². The summed E-state index contributed by atoms with van der Waals surface area (Å²) < 4.78 is 1.15. The zero-order valence-electron chi connectivity index (χ0n) is 11.5. The lowest BCUT2D eigenvalue weighted by Gasteiger charge is -2.27. The molecule has 0 fully saturated rings. The third kappa shape index (κ3) is 2.89. The Kier molecular flexibility index (Phi) is 4.37. The quantitative estimate of drug-likeness (QED) is 0.768. The maximum atomic E-state index is 3.75. The number of fused-ring (bicyclic) bond motifs is 1. The van der Waals surface area contributed by atoms with Crippen LogP contribution < -0.4 is 5.32 Å². The van der Waals surface area contributed by atoms with Crippen LogP contribution in [0.4, 0.5) is 5.69 Å². The van der Waals surface area contributed by atoms with Gasteiger partial charge in [-0.05, 0) is 48.2 Å². The van der Waals surface area contributed by atoms with Crippen molar-refractivity contribution in [1.29, 1.82) is 0 Å². The number of hydrogen-bond donors (Lipinski definition) is 1. The van der Waals surface area contributed by atoms with Crippen molar-refractivity contribution < 1.29 is 0 Å². The highest BCUT2D eigenvalue weighted by Crippen LogP contribution is 2.38. The lowest BCUT2D eigenvalue weighted by atomic mass is 10.0. The van der Waals surface area contributed by atoms with Crippen LogP contribution in [0, 0.1) is 0 Å².